The molecule has 0 spiro atoms. The van der Waals surface area contributed by atoms with Gasteiger partial charge in [-0.2, -0.15) is 5.26 Å². The van der Waals surface area contributed by atoms with E-state index in [9.17, 15) is 0 Å². The Labute approximate surface area is 73.1 Å². The quantitative estimate of drug-likeness (QED) is 0.641. The van der Waals surface area contributed by atoms with E-state index in [4.69, 9.17) is 11.0 Å². The van der Waals surface area contributed by atoms with Crippen molar-refractivity contribution in [3.05, 3.63) is 0 Å². The first-order valence-electron chi connectivity index (χ1n) is 4.69. The second-order valence-electron chi connectivity index (χ2n) is 3.89. The minimum atomic E-state index is 0.105. The monoisotopic (exact) mass is 165 g/mol. The minimum absolute atomic E-state index is 0.105. The van der Waals surface area contributed by atoms with Crippen LogP contribution in [0.15, 0.2) is 0 Å². The number of fused-ring (bicyclic) bond motifs is 1. The first-order valence-corrected chi connectivity index (χ1v) is 4.69. The minimum Gasteiger partial charge on any atom is -0.326 e. The van der Waals surface area contributed by atoms with Gasteiger partial charge in [0, 0.05) is 18.6 Å². The van der Waals surface area contributed by atoms with E-state index in [2.05, 4.69) is 17.9 Å². The second kappa shape index (κ2) is 2.72. The standard InChI is InChI=1S/C9H15N3/c1-2-7(4-10)12-5-6-3-8(12)9(6)11/h6-9H,2-3,5,11H2,1H3. The van der Waals surface area contributed by atoms with Gasteiger partial charge in [-0.15, -0.1) is 0 Å². The third-order valence-electron chi connectivity index (χ3n) is 3.34. The summed E-state index contributed by atoms with van der Waals surface area (Å²) in [6, 6.07) is 3.31. The molecule has 3 fully saturated rings. The Hall–Kier alpha value is -0.590. The van der Waals surface area contributed by atoms with Gasteiger partial charge in [-0.1, -0.05) is 6.92 Å². The Balaban J connectivity index is 2.03. The first kappa shape index (κ1) is 8.03. The lowest BCUT2D eigenvalue weighted by Gasteiger charge is -2.34. The summed E-state index contributed by atoms with van der Waals surface area (Å²) in [6.45, 7) is 3.12. The molecule has 2 heterocycles. The molecule has 1 saturated carbocycles. The summed E-state index contributed by atoms with van der Waals surface area (Å²) in [5.74, 6) is 0.678. The summed E-state index contributed by atoms with van der Waals surface area (Å²) in [5.41, 5.74) is 5.91. The van der Waals surface area contributed by atoms with E-state index in [0.29, 0.717) is 18.0 Å². The molecule has 2 bridgehead atoms. The molecule has 3 rings (SSSR count). The zero-order valence-electron chi connectivity index (χ0n) is 7.40. The van der Waals surface area contributed by atoms with Crippen LogP contribution in [0.5, 0.6) is 0 Å². The maximum Gasteiger partial charge on any atom is 0.0978 e. The molecular weight excluding hydrogens is 150 g/mol. The largest absolute Gasteiger partial charge is 0.326 e. The Morgan fingerprint density at radius 1 is 1.75 bits per heavy atom. The predicted octanol–water partition coefficient (Wildman–Crippen LogP) is 0.320. The highest BCUT2D eigenvalue weighted by atomic mass is 15.3. The highest BCUT2D eigenvalue weighted by molar-refractivity contribution is 5.11. The molecule has 0 aromatic carbocycles. The predicted molar refractivity (Wildman–Crippen MR) is 46.3 cm³/mol. The number of hydrogen-bond acceptors (Lipinski definition) is 3. The number of hydrogen-bond donors (Lipinski definition) is 1. The van der Waals surface area contributed by atoms with Gasteiger partial charge in [0.05, 0.1) is 12.1 Å². The molecule has 3 heteroatoms. The van der Waals surface area contributed by atoms with E-state index >= 15 is 0 Å². The lowest BCUT2D eigenvalue weighted by molar-refractivity contribution is 0.187. The van der Waals surface area contributed by atoms with Gasteiger partial charge >= 0.3 is 0 Å². The Morgan fingerprint density at radius 3 is 2.83 bits per heavy atom. The molecule has 2 saturated heterocycles. The third kappa shape index (κ3) is 0.886. The zero-order valence-corrected chi connectivity index (χ0v) is 7.40. The fourth-order valence-corrected chi connectivity index (χ4v) is 2.46. The molecule has 66 valence electrons. The van der Waals surface area contributed by atoms with Crippen LogP contribution in [0.4, 0.5) is 0 Å². The van der Waals surface area contributed by atoms with Gasteiger partial charge in [0.25, 0.3) is 0 Å². The van der Waals surface area contributed by atoms with E-state index in [1.54, 1.807) is 0 Å². The van der Waals surface area contributed by atoms with E-state index in [1.165, 1.54) is 6.42 Å². The van der Waals surface area contributed by atoms with Crippen LogP contribution in [-0.4, -0.2) is 29.6 Å². The molecule has 3 aliphatic rings. The van der Waals surface area contributed by atoms with Gasteiger partial charge in [0.1, 0.15) is 0 Å². The van der Waals surface area contributed by atoms with E-state index in [0.717, 1.165) is 13.0 Å². The molecule has 2 aliphatic heterocycles. The molecule has 4 atom stereocenters. The average molecular weight is 165 g/mol. The van der Waals surface area contributed by atoms with Crippen molar-refractivity contribution in [3.63, 3.8) is 0 Å². The molecule has 0 amide bonds. The number of nitriles is 1. The molecule has 0 aromatic heterocycles. The lowest BCUT2D eigenvalue weighted by Crippen LogP contribution is -2.51. The first-order chi connectivity index (χ1) is 5.77. The van der Waals surface area contributed by atoms with Crippen molar-refractivity contribution in [2.75, 3.05) is 6.54 Å². The molecule has 0 radical (unpaired) electrons. The lowest BCUT2D eigenvalue weighted by atomic mass is 9.81. The van der Waals surface area contributed by atoms with Crippen molar-refractivity contribution in [3.8, 4) is 6.07 Å². The Morgan fingerprint density at radius 2 is 2.50 bits per heavy atom. The van der Waals surface area contributed by atoms with Gasteiger partial charge < -0.3 is 5.73 Å². The molecule has 1 aliphatic carbocycles. The third-order valence-corrected chi connectivity index (χ3v) is 3.34. The summed E-state index contributed by atoms with van der Waals surface area (Å²) in [4.78, 5) is 2.29. The van der Waals surface area contributed by atoms with Crippen LogP contribution in [0.3, 0.4) is 0 Å². The van der Waals surface area contributed by atoms with Crippen molar-refractivity contribution >= 4 is 0 Å². The van der Waals surface area contributed by atoms with E-state index in [-0.39, 0.29) is 6.04 Å². The van der Waals surface area contributed by atoms with Crippen molar-refractivity contribution in [1.82, 2.24) is 4.90 Å². The van der Waals surface area contributed by atoms with Crippen LogP contribution in [0.1, 0.15) is 19.8 Å². The number of nitrogens with two attached hydrogens (primary N) is 1. The van der Waals surface area contributed by atoms with Gasteiger partial charge in [0.15, 0.2) is 0 Å². The highest BCUT2D eigenvalue weighted by Crippen LogP contribution is 2.41. The molecule has 12 heavy (non-hydrogen) atoms. The van der Waals surface area contributed by atoms with Crippen molar-refractivity contribution in [1.29, 1.82) is 5.26 Å². The fourth-order valence-electron chi connectivity index (χ4n) is 2.46. The number of nitrogens with zero attached hydrogens (tertiary/aromatic N) is 2. The topological polar surface area (TPSA) is 53.0 Å². The van der Waals surface area contributed by atoms with Crippen LogP contribution in [-0.2, 0) is 0 Å². The normalized spacial score (nSPS) is 41.9. The average Bonchev–Trinajstić information content (AvgIpc) is 2.63. The summed E-state index contributed by atoms with van der Waals surface area (Å²) in [6.07, 6.45) is 2.14. The van der Waals surface area contributed by atoms with Crippen molar-refractivity contribution in [2.45, 2.75) is 37.9 Å². The summed E-state index contributed by atoms with van der Waals surface area (Å²) >= 11 is 0. The van der Waals surface area contributed by atoms with Gasteiger partial charge in [-0.25, -0.2) is 0 Å². The Bertz CT molecular complexity index is 220. The van der Waals surface area contributed by atoms with Gasteiger partial charge in [-0.3, -0.25) is 4.90 Å². The van der Waals surface area contributed by atoms with Crippen LogP contribution >= 0.6 is 0 Å². The summed E-state index contributed by atoms with van der Waals surface area (Å²) in [5, 5.41) is 8.88. The van der Waals surface area contributed by atoms with Crippen molar-refractivity contribution in [2.24, 2.45) is 11.7 Å². The van der Waals surface area contributed by atoms with Crippen LogP contribution in [0.25, 0.3) is 0 Å². The molecule has 3 nitrogen and oxygen atoms in total. The maximum atomic E-state index is 8.88. The van der Waals surface area contributed by atoms with Crippen LogP contribution in [0, 0.1) is 17.2 Å². The second-order valence-corrected chi connectivity index (χ2v) is 3.89. The molecular formula is C9H15N3. The van der Waals surface area contributed by atoms with Gasteiger partial charge in [0.2, 0.25) is 0 Å². The molecule has 0 aromatic rings. The van der Waals surface area contributed by atoms with E-state index in [1.807, 2.05) is 0 Å². The summed E-state index contributed by atoms with van der Waals surface area (Å²) in [7, 11) is 0. The van der Waals surface area contributed by atoms with Crippen LogP contribution in [0.2, 0.25) is 0 Å². The van der Waals surface area contributed by atoms with E-state index < -0.39 is 0 Å². The molecule has 4 unspecified atom stereocenters. The maximum absolute atomic E-state index is 8.88. The highest BCUT2D eigenvalue weighted by Gasteiger charge is 2.51. The van der Waals surface area contributed by atoms with Gasteiger partial charge in [-0.05, 0) is 18.8 Å². The SMILES string of the molecule is CCC(C#N)N1CC2CC1C2N. The summed E-state index contributed by atoms with van der Waals surface area (Å²) < 4.78 is 0. The Kier molecular flexibility index (Phi) is 1.82. The zero-order chi connectivity index (χ0) is 8.72. The number of rotatable bonds is 2. The van der Waals surface area contributed by atoms with Crippen LogP contribution < -0.4 is 5.73 Å². The smallest absolute Gasteiger partial charge is 0.0978 e. The van der Waals surface area contributed by atoms with Crippen molar-refractivity contribution < 1.29 is 0 Å². The fraction of sp³-hybridized carbons (Fsp3) is 0.889. The molecule has 2 N–H and O–H groups in total.